The zero-order chi connectivity index (χ0) is 14.3. The Morgan fingerprint density at radius 2 is 2.21 bits per heavy atom. The Kier molecular flexibility index (Phi) is 6.83. The second kappa shape index (κ2) is 8.14. The highest BCUT2D eigenvalue weighted by Crippen LogP contribution is 2.13. The van der Waals surface area contributed by atoms with E-state index in [0.717, 1.165) is 6.54 Å². The highest BCUT2D eigenvalue weighted by atomic mass is 32.1. The molecule has 0 fully saturated rings. The van der Waals surface area contributed by atoms with Crippen LogP contribution in [-0.4, -0.2) is 51.2 Å². The summed E-state index contributed by atoms with van der Waals surface area (Å²) < 4.78 is 18.4. The summed E-state index contributed by atoms with van der Waals surface area (Å²) in [5.41, 5.74) is 0.0204. The molecule has 1 aromatic carbocycles. The second-order valence-corrected chi connectivity index (χ2v) is 4.73. The van der Waals surface area contributed by atoms with Gasteiger partial charge in [0.1, 0.15) is 5.82 Å². The van der Waals surface area contributed by atoms with Crippen molar-refractivity contribution < 1.29 is 13.9 Å². The summed E-state index contributed by atoms with van der Waals surface area (Å²) >= 11 is 4.09. The molecule has 1 amide bonds. The first-order valence-corrected chi connectivity index (χ1v) is 6.43. The molecule has 0 radical (unpaired) electrons. The van der Waals surface area contributed by atoms with Gasteiger partial charge >= 0.3 is 0 Å². The van der Waals surface area contributed by atoms with E-state index >= 15 is 0 Å². The van der Waals surface area contributed by atoms with Gasteiger partial charge in [-0.2, -0.15) is 0 Å². The molecule has 0 atom stereocenters. The van der Waals surface area contributed by atoms with Gasteiger partial charge in [0.15, 0.2) is 0 Å². The number of nitrogens with zero attached hydrogens (tertiary/aromatic N) is 1. The summed E-state index contributed by atoms with van der Waals surface area (Å²) in [7, 11) is 3.57. The molecule has 0 aliphatic rings. The van der Waals surface area contributed by atoms with Crippen molar-refractivity contribution in [2.75, 3.05) is 40.4 Å². The molecule has 0 unspecified atom stereocenters. The van der Waals surface area contributed by atoms with Crippen molar-refractivity contribution in [1.82, 2.24) is 10.2 Å². The van der Waals surface area contributed by atoms with E-state index in [2.05, 4.69) is 17.9 Å². The zero-order valence-corrected chi connectivity index (χ0v) is 12.0. The minimum absolute atomic E-state index is 0.0204. The van der Waals surface area contributed by atoms with Gasteiger partial charge in [-0.3, -0.25) is 4.79 Å². The van der Waals surface area contributed by atoms with E-state index in [4.69, 9.17) is 4.74 Å². The van der Waals surface area contributed by atoms with Gasteiger partial charge in [0, 0.05) is 31.6 Å². The molecule has 19 heavy (non-hydrogen) atoms. The number of methoxy groups -OCH3 is 1. The number of hydrogen-bond acceptors (Lipinski definition) is 4. The van der Waals surface area contributed by atoms with Crippen molar-refractivity contribution in [2.45, 2.75) is 4.90 Å². The number of likely N-dealkylation sites (N-methyl/N-ethyl adjacent to an activating group) is 1. The molecule has 0 aliphatic carbocycles. The molecule has 0 bridgehead atoms. The molecule has 4 nitrogen and oxygen atoms in total. The number of thiol groups is 1. The maximum Gasteiger partial charge on any atom is 0.254 e. The highest BCUT2D eigenvalue weighted by Gasteiger charge is 2.11. The number of carbonyl (C=O) groups excluding carboxylic acids is 1. The largest absolute Gasteiger partial charge is 0.383 e. The molecule has 1 rings (SSSR count). The van der Waals surface area contributed by atoms with Crippen molar-refractivity contribution in [3.05, 3.63) is 29.6 Å². The first-order valence-electron chi connectivity index (χ1n) is 5.98. The third-order valence-electron chi connectivity index (χ3n) is 2.65. The van der Waals surface area contributed by atoms with E-state index in [1.54, 1.807) is 7.11 Å². The van der Waals surface area contributed by atoms with Gasteiger partial charge in [-0.1, -0.05) is 0 Å². The predicted octanol–water partition coefficient (Wildman–Crippen LogP) is 1.42. The van der Waals surface area contributed by atoms with Crippen LogP contribution in [0.2, 0.25) is 0 Å². The summed E-state index contributed by atoms with van der Waals surface area (Å²) in [4.78, 5) is 14.4. The van der Waals surface area contributed by atoms with Crippen LogP contribution in [0.25, 0.3) is 0 Å². The van der Waals surface area contributed by atoms with Crippen molar-refractivity contribution in [1.29, 1.82) is 0 Å². The predicted molar refractivity (Wildman–Crippen MR) is 75.4 cm³/mol. The van der Waals surface area contributed by atoms with Gasteiger partial charge < -0.3 is 15.0 Å². The highest BCUT2D eigenvalue weighted by molar-refractivity contribution is 7.80. The normalized spacial score (nSPS) is 10.8. The first kappa shape index (κ1) is 15.9. The smallest absolute Gasteiger partial charge is 0.254 e. The Labute approximate surface area is 118 Å². The second-order valence-electron chi connectivity index (χ2n) is 4.22. The van der Waals surface area contributed by atoms with Gasteiger partial charge in [0.05, 0.1) is 12.2 Å². The average Bonchev–Trinajstić information content (AvgIpc) is 2.39. The van der Waals surface area contributed by atoms with Crippen molar-refractivity contribution in [2.24, 2.45) is 0 Å². The number of benzene rings is 1. The van der Waals surface area contributed by atoms with Crippen LogP contribution in [0.4, 0.5) is 4.39 Å². The Morgan fingerprint density at radius 3 is 2.89 bits per heavy atom. The van der Waals surface area contributed by atoms with Crippen LogP contribution in [0.15, 0.2) is 23.1 Å². The SMILES string of the molecule is COCCN(C)CCNC(=O)c1cc(S)ccc1F. The van der Waals surface area contributed by atoms with Crippen LogP contribution in [0.5, 0.6) is 0 Å². The van der Waals surface area contributed by atoms with Crippen LogP contribution in [0.1, 0.15) is 10.4 Å². The molecule has 1 aromatic rings. The molecular weight excluding hydrogens is 267 g/mol. The van der Waals surface area contributed by atoms with Gasteiger partial charge in [-0.25, -0.2) is 4.39 Å². The van der Waals surface area contributed by atoms with Gasteiger partial charge in [-0.05, 0) is 25.2 Å². The van der Waals surface area contributed by atoms with Crippen molar-refractivity contribution >= 4 is 18.5 Å². The number of amides is 1. The number of ether oxygens (including phenoxy) is 1. The molecule has 0 heterocycles. The van der Waals surface area contributed by atoms with E-state index in [-0.39, 0.29) is 5.56 Å². The van der Waals surface area contributed by atoms with Gasteiger partial charge in [0.25, 0.3) is 5.91 Å². The van der Waals surface area contributed by atoms with Crippen LogP contribution in [0, 0.1) is 5.82 Å². The third-order valence-corrected chi connectivity index (χ3v) is 2.93. The average molecular weight is 286 g/mol. The fraction of sp³-hybridized carbons (Fsp3) is 0.462. The first-order chi connectivity index (χ1) is 9.04. The fourth-order valence-corrected chi connectivity index (χ4v) is 1.71. The molecule has 106 valence electrons. The molecule has 0 spiro atoms. The van der Waals surface area contributed by atoms with Crippen molar-refractivity contribution in [3.63, 3.8) is 0 Å². The van der Waals surface area contributed by atoms with E-state index in [1.807, 2.05) is 11.9 Å². The summed E-state index contributed by atoms with van der Waals surface area (Å²) in [5.74, 6) is -0.962. The number of nitrogens with one attached hydrogen (secondary N) is 1. The summed E-state index contributed by atoms with van der Waals surface area (Å²) in [6.07, 6.45) is 0. The minimum Gasteiger partial charge on any atom is -0.383 e. The maximum absolute atomic E-state index is 13.5. The Bertz CT molecular complexity index is 429. The van der Waals surface area contributed by atoms with E-state index in [1.165, 1.54) is 18.2 Å². The Morgan fingerprint density at radius 1 is 1.47 bits per heavy atom. The number of hydrogen-bond donors (Lipinski definition) is 2. The van der Waals surface area contributed by atoms with Crippen LogP contribution in [-0.2, 0) is 4.74 Å². The fourth-order valence-electron chi connectivity index (χ4n) is 1.50. The quantitative estimate of drug-likeness (QED) is 0.745. The zero-order valence-electron chi connectivity index (χ0n) is 11.1. The Hall–Kier alpha value is -1.11. The van der Waals surface area contributed by atoms with Gasteiger partial charge in [0.2, 0.25) is 0 Å². The van der Waals surface area contributed by atoms with Crippen LogP contribution < -0.4 is 5.32 Å². The van der Waals surface area contributed by atoms with Crippen molar-refractivity contribution in [3.8, 4) is 0 Å². The molecule has 6 heteroatoms. The number of carbonyl (C=O) groups is 1. The molecule has 0 saturated heterocycles. The van der Waals surface area contributed by atoms with E-state index < -0.39 is 11.7 Å². The standard InChI is InChI=1S/C13H19FN2O2S/c1-16(7-8-18-2)6-5-15-13(17)11-9-10(19)3-4-12(11)14/h3-4,9,19H,5-8H2,1-2H3,(H,15,17). The summed E-state index contributed by atoms with van der Waals surface area (Å²) in [6.45, 7) is 2.56. The lowest BCUT2D eigenvalue weighted by Gasteiger charge is -2.16. The molecule has 0 aliphatic heterocycles. The summed E-state index contributed by atoms with van der Waals surface area (Å²) in [6, 6.07) is 4.16. The lowest BCUT2D eigenvalue weighted by atomic mass is 10.2. The lowest BCUT2D eigenvalue weighted by molar-refractivity contribution is 0.0943. The minimum atomic E-state index is -0.539. The van der Waals surface area contributed by atoms with Gasteiger partial charge in [-0.15, -0.1) is 12.6 Å². The third kappa shape index (κ3) is 5.59. The molecular formula is C13H19FN2O2S. The molecule has 0 saturated carbocycles. The topological polar surface area (TPSA) is 41.6 Å². The monoisotopic (exact) mass is 286 g/mol. The Balaban J connectivity index is 2.41. The number of rotatable bonds is 7. The molecule has 0 aromatic heterocycles. The van der Waals surface area contributed by atoms with E-state index in [9.17, 15) is 9.18 Å². The maximum atomic E-state index is 13.5. The van der Waals surface area contributed by atoms with E-state index in [0.29, 0.717) is 24.6 Å². The van der Waals surface area contributed by atoms with Crippen LogP contribution in [0.3, 0.4) is 0 Å². The summed E-state index contributed by atoms with van der Waals surface area (Å²) in [5, 5.41) is 2.68. The lowest BCUT2D eigenvalue weighted by Crippen LogP contribution is -2.34. The van der Waals surface area contributed by atoms with Crippen LogP contribution >= 0.6 is 12.6 Å². The number of halogens is 1. The molecule has 1 N–H and O–H groups in total.